The third-order valence-electron chi connectivity index (χ3n) is 2.87. The van der Waals surface area contributed by atoms with Crippen LogP contribution in [0.4, 0.5) is 17.6 Å². The Hall–Kier alpha value is -1.98. The highest BCUT2D eigenvalue weighted by Crippen LogP contribution is 2.35. The molecule has 2 rings (SSSR count). The Morgan fingerprint density at radius 1 is 1.00 bits per heavy atom. The van der Waals surface area contributed by atoms with Gasteiger partial charge in [0.15, 0.2) is 0 Å². The molecule has 0 aliphatic rings. The summed E-state index contributed by atoms with van der Waals surface area (Å²) in [5.41, 5.74) is -0.102. The van der Waals surface area contributed by atoms with Crippen molar-refractivity contribution in [1.29, 1.82) is 0 Å². The second-order valence-corrected chi connectivity index (χ2v) is 4.48. The zero-order chi connectivity index (χ0) is 15.5. The number of ether oxygens (including phenoxy) is 1. The minimum absolute atomic E-state index is 0.0215. The maximum absolute atomic E-state index is 12.8. The molecule has 2 aromatic rings. The zero-order valence-electron chi connectivity index (χ0n) is 11.0. The van der Waals surface area contributed by atoms with Crippen molar-refractivity contribution in [2.75, 3.05) is 6.61 Å². The van der Waals surface area contributed by atoms with Crippen LogP contribution >= 0.6 is 0 Å². The predicted octanol–water partition coefficient (Wildman–Crippen LogP) is 3.26. The zero-order valence-corrected chi connectivity index (χ0v) is 11.0. The quantitative estimate of drug-likeness (QED) is 0.621. The minimum Gasteiger partial charge on any atom is -0.493 e. The van der Waals surface area contributed by atoms with Crippen molar-refractivity contribution < 1.29 is 22.3 Å². The van der Waals surface area contributed by atoms with Crippen LogP contribution in [0.15, 0.2) is 42.5 Å². The molecule has 0 aliphatic heterocycles. The van der Waals surface area contributed by atoms with E-state index in [0.717, 1.165) is 11.6 Å². The summed E-state index contributed by atoms with van der Waals surface area (Å²) in [6, 6.07) is 9.09. The van der Waals surface area contributed by atoms with E-state index in [9.17, 15) is 17.6 Å². The molecule has 108 valence electrons. The second-order valence-electron chi connectivity index (χ2n) is 4.48. The third-order valence-corrected chi connectivity index (χ3v) is 2.87. The van der Waals surface area contributed by atoms with Crippen molar-refractivity contribution >= 4 is 13.3 Å². The molecule has 0 aliphatic carbocycles. The number of hydrogen-bond acceptors (Lipinski definition) is 1. The molecule has 0 heterocycles. The Kier molecular flexibility index (Phi) is 4.55. The molecule has 0 aromatic heterocycles. The Bertz CT molecular complexity index is 608. The Morgan fingerprint density at radius 3 is 2.29 bits per heavy atom. The SMILES string of the molecule is [B]c1ccc(OCCc2ccc(F)cc2)c(C(F)(F)F)c1. The Balaban J connectivity index is 2.05. The van der Waals surface area contributed by atoms with E-state index >= 15 is 0 Å². The van der Waals surface area contributed by atoms with Gasteiger partial charge in [0, 0.05) is 6.42 Å². The molecule has 0 fully saturated rings. The highest BCUT2D eigenvalue weighted by molar-refractivity contribution is 6.32. The number of rotatable bonds is 4. The molecule has 0 amide bonds. The number of hydrogen-bond donors (Lipinski definition) is 0. The first-order valence-corrected chi connectivity index (χ1v) is 6.20. The minimum atomic E-state index is -4.53. The van der Waals surface area contributed by atoms with Crippen molar-refractivity contribution in [2.24, 2.45) is 0 Å². The molecule has 0 N–H and O–H groups in total. The van der Waals surface area contributed by atoms with E-state index in [1.54, 1.807) is 12.1 Å². The van der Waals surface area contributed by atoms with E-state index in [2.05, 4.69) is 0 Å². The van der Waals surface area contributed by atoms with Crippen LogP contribution in [0.1, 0.15) is 11.1 Å². The molecule has 0 spiro atoms. The first kappa shape index (κ1) is 15.4. The van der Waals surface area contributed by atoms with Gasteiger partial charge in [-0.3, -0.25) is 0 Å². The molecule has 0 atom stereocenters. The van der Waals surface area contributed by atoms with Crippen LogP contribution in [0.2, 0.25) is 0 Å². The lowest BCUT2D eigenvalue weighted by Crippen LogP contribution is -2.14. The van der Waals surface area contributed by atoms with E-state index in [1.807, 2.05) is 0 Å². The topological polar surface area (TPSA) is 9.23 Å². The van der Waals surface area contributed by atoms with E-state index in [0.29, 0.717) is 6.42 Å². The highest BCUT2D eigenvalue weighted by atomic mass is 19.4. The molecular weight excluding hydrogens is 283 g/mol. The normalized spacial score (nSPS) is 11.4. The van der Waals surface area contributed by atoms with Gasteiger partial charge in [0.1, 0.15) is 19.4 Å². The van der Waals surface area contributed by atoms with Gasteiger partial charge in [0.25, 0.3) is 0 Å². The van der Waals surface area contributed by atoms with E-state index in [-0.39, 0.29) is 23.6 Å². The van der Waals surface area contributed by atoms with Crippen molar-refractivity contribution in [1.82, 2.24) is 0 Å². The first-order valence-electron chi connectivity index (χ1n) is 6.20. The van der Waals surface area contributed by atoms with Crippen LogP contribution in [0.5, 0.6) is 5.75 Å². The molecule has 0 bridgehead atoms. The van der Waals surface area contributed by atoms with Crippen molar-refractivity contribution in [3.63, 3.8) is 0 Å². The molecule has 2 radical (unpaired) electrons. The van der Waals surface area contributed by atoms with Crippen LogP contribution in [0.25, 0.3) is 0 Å². The van der Waals surface area contributed by atoms with Crippen molar-refractivity contribution in [3.05, 3.63) is 59.4 Å². The largest absolute Gasteiger partial charge is 0.493 e. The van der Waals surface area contributed by atoms with Crippen LogP contribution < -0.4 is 10.2 Å². The molecule has 2 aromatic carbocycles. The maximum Gasteiger partial charge on any atom is 0.419 e. The molecule has 6 heteroatoms. The highest BCUT2D eigenvalue weighted by Gasteiger charge is 2.34. The fourth-order valence-corrected chi connectivity index (χ4v) is 1.82. The van der Waals surface area contributed by atoms with E-state index < -0.39 is 11.7 Å². The lowest BCUT2D eigenvalue weighted by molar-refractivity contribution is -0.138. The van der Waals surface area contributed by atoms with Gasteiger partial charge in [-0.05, 0) is 23.8 Å². The predicted molar refractivity (Wildman–Crippen MR) is 72.4 cm³/mol. The van der Waals surface area contributed by atoms with Crippen LogP contribution in [0.3, 0.4) is 0 Å². The summed E-state index contributed by atoms with van der Waals surface area (Å²) in [7, 11) is 5.37. The molecule has 0 unspecified atom stereocenters. The fraction of sp³-hybridized carbons (Fsp3) is 0.200. The monoisotopic (exact) mass is 294 g/mol. The Morgan fingerprint density at radius 2 is 1.67 bits per heavy atom. The summed E-state index contributed by atoms with van der Waals surface area (Å²) in [5, 5.41) is 0. The van der Waals surface area contributed by atoms with Gasteiger partial charge in [0.05, 0.1) is 12.2 Å². The molecule has 21 heavy (non-hydrogen) atoms. The van der Waals surface area contributed by atoms with Crippen LogP contribution in [-0.4, -0.2) is 14.5 Å². The van der Waals surface area contributed by atoms with Crippen molar-refractivity contribution in [3.8, 4) is 5.75 Å². The third kappa shape index (κ3) is 4.24. The lowest BCUT2D eigenvalue weighted by Gasteiger charge is -2.14. The maximum atomic E-state index is 12.8. The lowest BCUT2D eigenvalue weighted by atomic mass is 9.94. The summed E-state index contributed by atoms with van der Waals surface area (Å²) < 4.78 is 56.4. The number of halogens is 4. The Labute approximate surface area is 121 Å². The van der Waals surface area contributed by atoms with Crippen LogP contribution in [-0.2, 0) is 12.6 Å². The second kappa shape index (κ2) is 6.20. The number of benzene rings is 2. The van der Waals surface area contributed by atoms with Gasteiger partial charge in [-0.2, -0.15) is 13.2 Å². The summed E-state index contributed by atoms with van der Waals surface area (Å²) >= 11 is 0. The summed E-state index contributed by atoms with van der Waals surface area (Å²) in [4.78, 5) is 0. The fourth-order valence-electron chi connectivity index (χ4n) is 1.82. The molecule has 0 saturated heterocycles. The average molecular weight is 294 g/mol. The molecular formula is C15H11BF4O. The van der Waals surface area contributed by atoms with Crippen molar-refractivity contribution in [2.45, 2.75) is 12.6 Å². The van der Waals surface area contributed by atoms with Gasteiger partial charge in [-0.15, -0.1) is 0 Å². The smallest absolute Gasteiger partial charge is 0.419 e. The van der Waals surface area contributed by atoms with Gasteiger partial charge in [0.2, 0.25) is 0 Å². The molecule has 1 nitrogen and oxygen atoms in total. The summed E-state index contributed by atoms with van der Waals surface area (Å²) in [6.07, 6.45) is -4.15. The number of alkyl halides is 3. The molecule has 0 saturated carbocycles. The van der Waals surface area contributed by atoms with Crippen LogP contribution in [0, 0.1) is 5.82 Å². The van der Waals surface area contributed by atoms with E-state index in [4.69, 9.17) is 12.6 Å². The van der Waals surface area contributed by atoms with Gasteiger partial charge in [-0.1, -0.05) is 29.7 Å². The summed E-state index contributed by atoms with van der Waals surface area (Å²) in [5.74, 6) is -0.628. The summed E-state index contributed by atoms with van der Waals surface area (Å²) in [6.45, 7) is 0.0542. The first-order chi connectivity index (χ1) is 9.86. The van der Waals surface area contributed by atoms with E-state index in [1.165, 1.54) is 24.3 Å². The standard InChI is InChI=1S/C15H11BF4O/c16-11-3-6-14(13(9-11)15(18,19)20)21-8-7-10-1-4-12(17)5-2-10/h1-6,9H,7-8H2. The van der Waals surface area contributed by atoms with Gasteiger partial charge < -0.3 is 4.74 Å². The van der Waals surface area contributed by atoms with Gasteiger partial charge in [-0.25, -0.2) is 4.39 Å². The average Bonchev–Trinajstić information content (AvgIpc) is 2.41. The van der Waals surface area contributed by atoms with Gasteiger partial charge >= 0.3 is 6.18 Å².